The quantitative estimate of drug-likeness (QED) is 0.367. The number of amides is 4. The average Bonchev–Trinajstić information content (AvgIpc) is 3.21. The minimum absolute atomic E-state index is 0.0374. The van der Waals surface area contributed by atoms with E-state index in [0.29, 0.717) is 45.2 Å². The number of benzene rings is 1. The van der Waals surface area contributed by atoms with Crippen molar-refractivity contribution in [1.82, 2.24) is 20.9 Å². The molecule has 0 aromatic heterocycles. The van der Waals surface area contributed by atoms with Crippen LogP contribution >= 0.6 is 0 Å². The Bertz CT molecular complexity index is 932. The van der Waals surface area contributed by atoms with Crippen molar-refractivity contribution in [2.75, 3.05) is 26.2 Å². The zero-order valence-corrected chi connectivity index (χ0v) is 20.9. The number of ether oxygens (including phenoxy) is 1. The molecule has 2 fully saturated rings. The van der Waals surface area contributed by atoms with E-state index in [-0.39, 0.29) is 42.6 Å². The molecule has 196 valence electrons. The Kier molecular flexibility index (Phi) is 9.84. The van der Waals surface area contributed by atoms with Gasteiger partial charge >= 0.3 is 6.09 Å². The Hall–Kier alpha value is -3.43. The van der Waals surface area contributed by atoms with Crippen LogP contribution in [0.4, 0.5) is 4.79 Å². The number of carbonyl (C=O) groups is 5. The maximum Gasteiger partial charge on any atom is 0.407 e. The van der Waals surface area contributed by atoms with Gasteiger partial charge in [0.25, 0.3) is 0 Å². The molecule has 4 amide bonds. The lowest BCUT2D eigenvalue weighted by Crippen LogP contribution is -2.53. The van der Waals surface area contributed by atoms with Crippen LogP contribution in [0, 0.1) is 17.8 Å². The number of alkyl carbamates (subject to hydrolysis) is 1. The first-order valence-corrected chi connectivity index (χ1v) is 12.5. The zero-order chi connectivity index (χ0) is 26.1. The van der Waals surface area contributed by atoms with E-state index in [2.05, 4.69) is 16.0 Å². The van der Waals surface area contributed by atoms with Crippen LogP contribution in [0.1, 0.15) is 38.7 Å². The second kappa shape index (κ2) is 13.0. The van der Waals surface area contributed by atoms with Crippen LogP contribution in [-0.4, -0.2) is 73.3 Å². The summed E-state index contributed by atoms with van der Waals surface area (Å²) in [5, 5.41) is 7.97. The highest BCUT2D eigenvalue weighted by Gasteiger charge is 2.33. The fourth-order valence-corrected chi connectivity index (χ4v) is 4.45. The van der Waals surface area contributed by atoms with Crippen LogP contribution < -0.4 is 16.0 Å². The first kappa shape index (κ1) is 27.2. The number of likely N-dealkylation sites (tertiary alicyclic amines) is 1. The van der Waals surface area contributed by atoms with Crippen molar-refractivity contribution in [1.29, 1.82) is 0 Å². The Balaban J connectivity index is 1.41. The van der Waals surface area contributed by atoms with Crippen LogP contribution in [0.5, 0.6) is 0 Å². The highest BCUT2D eigenvalue weighted by Crippen LogP contribution is 2.18. The molecule has 36 heavy (non-hydrogen) atoms. The molecule has 2 aliphatic heterocycles. The van der Waals surface area contributed by atoms with Gasteiger partial charge in [-0.25, -0.2) is 4.79 Å². The number of rotatable bonds is 12. The van der Waals surface area contributed by atoms with Gasteiger partial charge < -0.3 is 30.4 Å². The van der Waals surface area contributed by atoms with Crippen molar-refractivity contribution in [3.63, 3.8) is 0 Å². The normalized spacial score (nSPS) is 19.1. The molecule has 1 aromatic rings. The Morgan fingerprint density at radius 2 is 1.89 bits per heavy atom. The standard InChI is InChI=1S/C26H36N4O6/c1-17(2)10-22(25(34)28-21(15-31)12-20-8-9-27-24(20)33)29-26(35)36-16-19-13-30(14-19)23(32)11-18-6-4-3-5-7-18/h3-7,15,17,19-22H,8-14,16H2,1-2H3,(H,27,33)(H,28,34)(H,29,35)/t20-,21+,22+/m1/s1. The minimum Gasteiger partial charge on any atom is -0.449 e. The third kappa shape index (κ3) is 8.07. The van der Waals surface area contributed by atoms with Gasteiger partial charge in [0, 0.05) is 31.5 Å². The molecule has 10 heteroatoms. The summed E-state index contributed by atoms with van der Waals surface area (Å²) in [4.78, 5) is 62.6. The molecule has 0 spiro atoms. The summed E-state index contributed by atoms with van der Waals surface area (Å²) in [5.74, 6) is -0.735. The molecular formula is C26H36N4O6. The fourth-order valence-electron chi connectivity index (χ4n) is 4.45. The van der Waals surface area contributed by atoms with Gasteiger partial charge in [0.05, 0.1) is 19.1 Å². The maximum atomic E-state index is 12.8. The summed E-state index contributed by atoms with van der Waals surface area (Å²) in [5.41, 5.74) is 0.958. The highest BCUT2D eigenvalue weighted by atomic mass is 16.5. The second-order valence-electron chi connectivity index (χ2n) is 10.0. The van der Waals surface area contributed by atoms with Gasteiger partial charge in [-0.1, -0.05) is 44.2 Å². The largest absolute Gasteiger partial charge is 0.449 e. The molecule has 1 aromatic carbocycles. The van der Waals surface area contributed by atoms with Crippen LogP contribution in [-0.2, 0) is 30.3 Å². The van der Waals surface area contributed by atoms with Crippen molar-refractivity contribution in [3.05, 3.63) is 35.9 Å². The zero-order valence-electron chi connectivity index (χ0n) is 20.9. The van der Waals surface area contributed by atoms with E-state index in [4.69, 9.17) is 4.74 Å². The van der Waals surface area contributed by atoms with Crippen LogP contribution in [0.15, 0.2) is 30.3 Å². The summed E-state index contributed by atoms with van der Waals surface area (Å²) >= 11 is 0. The molecule has 3 atom stereocenters. The molecule has 0 unspecified atom stereocenters. The van der Waals surface area contributed by atoms with Crippen LogP contribution in [0.25, 0.3) is 0 Å². The van der Waals surface area contributed by atoms with Crippen molar-refractivity contribution >= 4 is 30.1 Å². The number of hydrogen-bond acceptors (Lipinski definition) is 6. The van der Waals surface area contributed by atoms with Crippen molar-refractivity contribution in [2.24, 2.45) is 17.8 Å². The topological polar surface area (TPSA) is 134 Å². The molecule has 2 aliphatic rings. The van der Waals surface area contributed by atoms with Gasteiger partial charge in [-0.3, -0.25) is 14.4 Å². The summed E-state index contributed by atoms with van der Waals surface area (Å²) in [7, 11) is 0. The van der Waals surface area contributed by atoms with E-state index in [9.17, 15) is 24.0 Å². The smallest absolute Gasteiger partial charge is 0.407 e. The van der Waals surface area contributed by atoms with E-state index in [1.807, 2.05) is 44.2 Å². The average molecular weight is 501 g/mol. The molecule has 10 nitrogen and oxygen atoms in total. The fraction of sp³-hybridized carbons (Fsp3) is 0.577. The third-order valence-electron chi connectivity index (χ3n) is 6.47. The van der Waals surface area contributed by atoms with Crippen LogP contribution in [0.3, 0.4) is 0 Å². The Morgan fingerprint density at radius 1 is 1.17 bits per heavy atom. The summed E-state index contributed by atoms with van der Waals surface area (Å²) in [6.07, 6.45) is 1.45. The summed E-state index contributed by atoms with van der Waals surface area (Å²) < 4.78 is 5.32. The summed E-state index contributed by atoms with van der Waals surface area (Å²) in [6.45, 7) is 5.58. The second-order valence-corrected chi connectivity index (χ2v) is 10.0. The first-order valence-electron chi connectivity index (χ1n) is 12.5. The molecule has 0 radical (unpaired) electrons. The molecule has 0 aliphatic carbocycles. The number of nitrogens with one attached hydrogen (secondary N) is 3. The predicted molar refractivity (Wildman–Crippen MR) is 132 cm³/mol. The van der Waals surface area contributed by atoms with E-state index >= 15 is 0 Å². The molecule has 3 rings (SSSR count). The molecule has 3 N–H and O–H groups in total. The number of carbonyl (C=O) groups excluding carboxylic acids is 5. The molecule has 2 saturated heterocycles. The SMILES string of the molecule is CC(C)C[C@H](NC(=O)OCC1CN(C(=O)Cc2ccccc2)C1)C(=O)N[C@H](C=O)C[C@H]1CCNC1=O. The molecule has 0 bridgehead atoms. The van der Waals surface area contributed by atoms with Gasteiger partial charge in [-0.15, -0.1) is 0 Å². The number of nitrogens with zero attached hydrogens (tertiary/aromatic N) is 1. The van der Waals surface area contributed by atoms with Gasteiger partial charge in [-0.05, 0) is 30.7 Å². The molecule has 0 saturated carbocycles. The third-order valence-corrected chi connectivity index (χ3v) is 6.47. The number of hydrogen-bond donors (Lipinski definition) is 3. The lowest BCUT2D eigenvalue weighted by atomic mass is 9.98. The van der Waals surface area contributed by atoms with Crippen molar-refractivity contribution in [2.45, 2.75) is 51.6 Å². The lowest BCUT2D eigenvalue weighted by Gasteiger charge is -2.39. The van der Waals surface area contributed by atoms with E-state index in [0.717, 1.165) is 5.56 Å². The van der Waals surface area contributed by atoms with Gasteiger partial charge in [0.1, 0.15) is 12.3 Å². The highest BCUT2D eigenvalue weighted by molar-refractivity contribution is 5.88. The van der Waals surface area contributed by atoms with E-state index in [1.54, 1.807) is 4.90 Å². The Labute approximate surface area is 211 Å². The van der Waals surface area contributed by atoms with E-state index < -0.39 is 24.1 Å². The van der Waals surface area contributed by atoms with Crippen molar-refractivity contribution in [3.8, 4) is 0 Å². The van der Waals surface area contributed by atoms with Gasteiger partial charge in [0.2, 0.25) is 17.7 Å². The first-order chi connectivity index (χ1) is 17.2. The predicted octanol–water partition coefficient (Wildman–Crippen LogP) is 1.04. The maximum absolute atomic E-state index is 12.8. The lowest BCUT2D eigenvalue weighted by molar-refractivity contribution is -0.137. The van der Waals surface area contributed by atoms with Gasteiger partial charge in [-0.2, -0.15) is 0 Å². The summed E-state index contributed by atoms with van der Waals surface area (Å²) in [6, 6.07) is 7.84. The number of aldehydes is 1. The Morgan fingerprint density at radius 3 is 2.50 bits per heavy atom. The van der Waals surface area contributed by atoms with Crippen LogP contribution in [0.2, 0.25) is 0 Å². The van der Waals surface area contributed by atoms with Crippen molar-refractivity contribution < 1.29 is 28.7 Å². The molecule has 2 heterocycles. The monoisotopic (exact) mass is 500 g/mol. The molecular weight excluding hydrogens is 464 g/mol. The van der Waals surface area contributed by atoms with E-state index in [1.165, 1.54) is 0 Å². The van der Waals surface area contributed by atoms with Gasteiger partial charge in [0.15, 0.2) is 0 Å². The minimum atomic E-state index is -0.873.